The topological polar surface area (TPSA) is 92.5 Å². The van der Waals surface area contributed by atoms with Crippen LogP contribution in [-0.4, -0.2) is 15.9 Å². The Morgan fingerprint density at radius 2 is 1.88 bits per heavy atom. The minimum atomic E-state index is -0.514. The highest BCUT2D eigenvalue weighted by Crippen LogP contribution is 2.31. The van der Waals surface area contributed by atoms with Gasteiger partial charge in [-0.2, -0.15) is 0 Å². The molecule has 2 N–H and O–H groups in total. The van der Waals surface area contributed by atoms with Gasteiger partial charge in [-0.05, 0) is 23.1 Å². The number of phenols is 1. The van der Waals surface area contributed by atoms with Gasteiger partial charge in [0.25, 0.3) is 5.69 Å². The van der Waals surface area contributed by atoms with Crippen LogP contribution in [0.1, 0.15) is 31.9 Å². The van der Waals surface area contributed by atoms with Crippen LogP contribution in [-0.2, 0) is 16.6 Å². The van der Waals surface area contributed by atoms with Gasteiger partial charge in [-0.3, -0.25) is 14.9 Å². The number of nitro benzene ring substituents is 1. The summed E-state index contributed by atoms with van der Waals surface area (Å²) in [5.74, 6) is -0.468. The third-order valence-corrected chi connectivity index (χ3v) is 3.68. The first kappa shape index (κ1) is 17.5. The Morgan fingerprint density at radius 3 is 2.50 bits per heavy atom. The molecule has 0 bridgehead atoms. The second kappa shape index (κ2) is 6.70. The Morgan fingerprint density at radius 1 is 1.21 bits per heavy atom. The predicted molar refractivity (Wildman–Crippen MR) is 92.2 cm³/mol. The third-order valence-electron chi connectivity index (χ3n) is 3.68. The maximum Gasteiger partial charge on any atom is 0.273 e. The number of amides is 1. The highest BCUT2D eigenvalue weighted by Gasteiger charge is 2.18. The van der Waals surface area contributed by atoms with Crippen molar-refractivity contribution in [1.82, 2.24) is 0 Å². The molecule has 0 atom stereocenters. The zero-order valence-electron chi connectivity index (χ0n) is 13.9. The molecule has 2 rings (SSSR count). The first-order chi connectivity index (χ1) is 11.2. The second-order valence-electron chi connectivity index (χ2n) is 6.59. The molecular formula is C18H20N2O4. The van der Waals surface area contributed by atoms with E-state index in [0.717, 1.165) is 5.56 Å². The number of phenolic OH excluding ortho intramolecular Hbond substituents is 1. The van der Waals surface area contributed by atoms with Crippen molar-refractivity contribution in [3.8, 4) is 5.75 Å². The highest BCUT2D eigenvalue weighted by molar-refractivity contribution is 5.94. The maximum absolute atomic E-state index is 12.2. The Labute approximate surface area is 140 Å². The number of benzene rings is 2. The van der Waals surface area contributed by atoms with Crippen LogP contribution in [0.4, 0.5) is 11.4 Å². The number of carbonyl (C=O) groups is 1. The molecule has 0 radical (unpaired) electrons. The summed E-state index contributed by atoms with van der Waals surface area (Å²) in [6.45, 7) is 6.08. The second-order valence-corrected chi connectivity index (χ2v) is 6.59. The highest BCUT2D eigenvalue weighted by atomic mass is 16.6. The van der Waals surface area contributed by atoms with E-state index in [-0.39, 0.29) is 23.3 Å². The molecule has 0 aliphatic heterocycles. The minimum absolute atomic E-state index is 0.0427. The fourth-order valence-electron chi connectivity index (χ4n) is 2.31. The normalized spacial score (nSPS) is 11.1. The Hall–Kier alpha value is -2.89. The van der Waals surface area contributed by atoms with Gasteiger partial charge in [0.15, 0.2) is 0 Å². The van der Waals surface area contributed by atoms with Crippen molar-refractivity contribution < 1.29 is 14.8 Å². The van der Waals surface area contributed by atoms with Crippen LogP contribution in [0, 0.1) is 10.1 Å². The van der Waals surface area contributed by atoms with E-state index in [4.69, 9.17) is 0 Å². The molecule has 0 fully saturated rings. The SMILES string of the molecule is CC(C)(C)c1ccc(O)c(NC(=O)Cc2ccccc2[N+](=O)[O-])c1. The smallest absolute Gasteiger partial charge is 0.273 e. The number of hydrogen-bond acceptors (Lipinski definition) is 4. The average Bonchev–Trinajstić information content (AvgIpc) is 2.48. The van der Waals surface area contributed by atoms with Gasteiger partial charge in [-0.15, -0.1) is 0 Å². The van der Waals surface area contributed by atoms with Crippen molar-refractivity contribution in [2.75, 3.05) is 5.32 Å². The van der Waals surface area contributed by atoms with Gasteiger partial charge in [0, 0.05) is 11.6 Å². The molecule has 1 amide bonds. The molecule has 2 aromatic carbocycles. The lowest BCUT2D eigenvalue weighted by atomic mass is 9.87. The molecule has 0 aliphatic rings. The molecule has 0 saturated heterocycles. The van der Waals surface area contributed by atoms with Gasteiger partial charge in [0.2, 0.25) is 5.91 Å². The van der Waals surface area contributed by atoms with Crippen LogP contribution in [0.5, 0.6) is 5.75 Å². The van der Waals surface area contributed by atoms with E-state index < -0.39 is 10.8 Å². The molecule has 6 heteroatoms. The first-order valence-electron chi connectivity index (χ1n) is 7.54. The number of aromatic hydroxyl groups is 1. The van der Waals surface area contributed by atoms with Crippen molar-refractivity contribution in [3.63, 3.8) is 0 Å². The monoisotopic (exact) mass is 328 g/mol. The quantitative estimate of drug-likeness (QED) is 0.507. The first-order valence-corrected chi connectivity index (χ1v) is 7.54. The molecule has 24 heavy (non-hydrogen) atoms. The molecule has 2 aromatic rings. The van der Waals surface area contributed by atoms with Crippen molar-refractivity contribution in [2.45, 2.75) is 32.6 Å². The molecule has 0 unspecified atom stereocenters. The van der Waals surface area contributed by atoms with E-state index in [2.05, 4.69) is 5.32 Å². The number of carbonyl (C=O) groups excluding carboxylic acids is 1. The number of rotatable bonds is 4. The van der Waals surface area contributed by atoms with Crippen LogP contribution in [0.3, 0.4) is 0 Å². The van der Waals surface area contributed by atoms with Crippen molar-refractivity contribution >= 4 is 17.3 Å². The minimum Gasteiger partial charge on any atom is -0.506 e. The molecule has 6 nitrogen and oxygen atoms in total. The van der Waals surface area contributed by atoms with Crippen molar-refractivity contribution in [3.05, 3.63) is 63.7 Å². The zero-order valence-corrected chi connectivity index (χ0v) is 13.9. The zero-order chi connectivity index (χ0) is 17.9. The van der Waals surface area contributed by atoms with Gasteiger partial charge in [-0.1, -0.05) is 45.0 Å². The molecule has 0 aromatic heterocycles. The van der Waals surface area contributed by atoms with Crippen LogP contribution >= 0.6 is 0 Å². The lowest BCUT2D eigenvalue weighted by molar-refractivity contribution is -0.385. The molecule has 0 heterocycles. The number of anilines is 1. The summed E-state index contributed by atoms with van der Waals surface area (Å²) in [6.07, 6.45) is -0.143. The van der Waals surface area contributed by atoms with E-state index in [9.17, 15) is 20.0 Å². The fraction of sp³-hybridized carbons (Fsp3) is 0.278. The van der Waals surface area contributed by atoms with Crippen LogP contribution in [0.25, 0.3) is 0 Å². The van der Waals surface area contributed by atoms with Gasteiger partial charge in [0.1, 0.15) is 5.75 Å². The maximum atomic E-state index is 12.2. The number of para-hydroxylation sites is 1. The van der Waals surface area contributed by atoms with Crippen LogP contribution in [0.2, 0.25) is 0 Å². The van der Waals surface area contributed by atoms with E-state index in [1.807, 2.05) is 20.8 Å². The standard InChI is InChI=1S/C18H20N2O4/c1-18(2,3)13-8-9-16(21)14(11-13)19-17(22)10-12-6-4-5-7-15(12)20(23)24/h4-9,11,21H,10H2,1-3H3,(H,19,22). The average molecular weight is 328 g/mol. The van der Waals surface area contributed by atoms with E-state index in [0.29, 0.717) is 11.3 Å². The summed E-state index contributed by atoms with van der Waals surface area (Å²) < 4.78 is 0. The van der Waals surface area contributed by atoms with Gasteiger partial charge in [0.05, 0.1) is 17.0 Å². The number of nitrogens with zero attached hydrogens (tertiary/aromatic N) is 1. The summed E-state index contributed by atoms with van der Waals surface area (Å²) in [6, 6.07) is 11.1. The summed E-state index contributed by atoms with van der Waals surface area (Å²) >= 11 is 0. The van der Waals surface area contributed by atoms with Crippen LogP contribution in [0.15, 0.2) is 42.5 Å². The largest absolute Gasteiger partial charge is 0.506 e. The molecule has 0 aliphatic carbocycles. The summed E-state index contributed by atoms with van der Waals surface area (Å²) in [7, 11) is 0. The Kier molecular flexibility index (Phi) is 4.87. The van der Waals surface area contributed by atoms with Gasteiger partial charge >= 0.3 is 0 Å². The summed E-state index contributed by atoms with van der Waals surface area (Å²) in [5.41, 5.74) is 1.35. The summed E-state index contributed by atoms with van der Waals surface area (Å²) in [5, 5.41) is 23.6. The Balaban J connectivity index is 2.21. The van der Waals surface area contributed by atoms with Gasteiger partial charge < -0.3 is 10.4 Å². The van der Waals surface area contributed by atoms with E-state index >= 15 is 0 Å². The number of nitro groups is 1. The van der Waals surface area contributed by atoms with Crippen molar-refractivity contribution in [1.29, 1.82) is 0 Å². The predicted octanol–water partition coefficient (Wildman–Crippen LogP) is 3.78. The molecular weight excluding hydrogens is 308 g/mol. The molecule has 0 saturated carbocycles. The lowest BCUT2D eigenvalue weighted by Gasteiger charge is -2.20. The lowest BCUT2D eigenvalue weighted by Crippen LogP contribution is -2.17. The molecule has 126 valence electrons. The Bertz CT molecular complexity index is 779. The fourth-order valence-corrected chi connectivity index (χ4v) is 2.31. The number of hydrogen-bond donors (Lipinski definition) is 2. The number of nitrogens with one attached hydrogen (secondary N) is 1. The van der Waals surface area contributed by atoms with E-state index in [1.54, 1.807) is 30.3 Å². The van der Waals surface area contributed by atoms with E-state index in [1.165, 1.54) is 12.1 Å². The van der Waals surface area contributed by atoms with Crippen molar-refractivity contribution in [2.24, 2.45) is 0 Å². The van der Waals surface area contributed by atoms with Gasteiger partial charge in [-0.25, -0.2) is 0 Å². The molecule has 0 spiro atoms. The van der Waals surface area contributed by atoms with Crippen LogP contribution < -0.4 is 5.32 Å². The summed E-state index contributed by atoms with van der Waals surface area (Å²) in [4.78, 5) is 22.7. The third kappa shape index (κ3) is 4.10.